The highest BCUT2D eigenvalue weighted by molar-refractivity contribution is 6.06. The average molecular weight is 409 g/mol. The predicted molar refractivity (Wildman–Crippen MR) is 115 cm³/mol. The molecule has 1 fully saturated rings. The first-order valence-electron chi connectivity index (χ1n) is 10.4. The van der Waals surface area contributed by atoms with Gasteiger partial charge in [0.15, 0.2) is 5.65 Å². The lowest BCUT2D eigenvalue weighted by molar-refractivity contribution is 0.0900. The lowest BCUT2D eigenvalue weighted by atomic mass is 9.94. The van der Waals surface area contributed by atoms with Crippen molar-refractivity contribution in [1.82, 2.24) is 25.1 Å². The smallest absolute Gasteiger partial charge is 0.255 e. The Morgan fingerprint density at radius 3 is 2.67 bits per heavy atom. The third kappa shape index (κ3) is 4.00. The number of amides is 1. The molecule has 1 aliphatic heterocycles. The summed E-state index contributed by atoms with van der Waals surface area (Å²) in [6.45, 7) is 8.14. The molecule has 0 aliphatic carbocycles. The first-order chi connectivity index (χ1) is 14.5. The normalized spacial score (nSPS) is 15.3. The lowest BCUT2D eigenvalue weighted by Gasteiger charge is -2.28. The number of rotatable bonds is 6. The van der Waals surface area contributed by atoms with Gasteiger partial charge >= 0.3 is 0 Å². The van der Waals surface area contributed by atoms with Crippen molar-refractivity contribution in [1.29, 1.82) is 0 Å². The minimum Gasteiger partial charge on any atom is -0.381 e. The Morgan fingerprint density at radius 2 is 1.97 bits per heavy atom. The fourth-order valence-electron chi connectivity index (χ4n) is 3.82. The number of carbonyl (C=O) groups is 1. The third-order valence-electron chi connectivity index (χ3n) is 5.61. The molecule has 1 amide bonds. The Morgan fingerprint density at radius 1 is 1.23 bits per heavy atom. The highest BCUT2D eigenvalue weighted by Gasteiger charge is 2.27. The molecule has 3 aromatic heterocycles. The number of hydrogen-bond donors (Lipinski definition) is 2. The largest absolute Gasteiger partial charge is 0.381 e. The lowest BCUT2D eigenvalue weighted by Crippen LogP contribution is -2.41. The summed E-state index contributed by atoms with van der Waals surface area (Å²) >= 11 is 0. The van der Waals surface area contributed by atoms with Gasteiger partial charge in [0.2, 0.25) is 0 Å². The molecule has 8 heteroatoms. The number of fused-ring (bicyclic) bond motifs is 1. The standard InChI is InChI=1S/C22H28N6O2/c1-4-28-20-17(14-25-28)19(26-16-7-11-30-12-8-16)18(13-24-20)21(29)27-22(2,3)15-5-9-23-10-6-15/h5-6,9-10,13-14,16H,4,7-8,11-12H2,1-3H3,(H,24,26)(H,27,29). The van der Waals surface area contributed by atoms with Crippen LogP contribution in [0.25, 0.3) is 11.0 Å². The van der Waals surface area contributed by atoms with Gasteiger partial charge in [0.25, 0.3) is 5.91 Å². The Balaban J connectivity index is 1.70. The van der Waals surface area contributed by atoms with Gasteiger partial charge in [0.05, 0.1) is 28.4 Å². The molecule has 0 saturated carbocycles. The van der Waals surface area contributed by atoms with Crippen molar-refractivity contribution < 1.29 is 9.53 Å². The summed E-state index contributed by atoms with van der Waals surface area (Å²) in [5, 5.41) is 12.0. The maximum Gasteiger partial charge on any atom is 0.255 e. The fraction of sp³-hybridized carbons (Fsp3) is 0.455. The molecule has 4 rings (SSSR count). The maximum absolute atomic E-state index is 13.4. The summed E-state index contributed by atoms with van der Waals surface area (Å²) in [4.78, 5) is 22.0. The topological polar surface area (TPSA) is 94.0 Å². The van der Waals surface area contributed by atoms with Gasteiger partial charge in [0, 0.05) is 44.4 Å². The molecule has 1 saturated heterocycles. The van der Waals surface area contributed by atoms with Gasteiger partial charge in [-0.3, -0.25) is 9.78 Å². The summed E-state index contributed by atoms with van der Waals surface area (Å²) < 4.78 is 7.33. The van der Waals surface area contributed by atoms with Crippen LogP contribution < -0.4 is 10.6 Å². The number of aryl methyl sites for hydroxylation is 1. The Hall–Kier alpha value is -3.00. The zero-order valence-electron chi connectivity index (χ0n) is 17.7. The second-order valence-electron chi connectivity index (χ2n) is 8.09. The molecule has 3 aromatic rings. The molecule has 0 unspecified atom stereocenters. The van der Waals surface area contributed by atoms with Crippen LogP contribution in [0.15, 0.2) is 36.9 Å². The van der Waals surface area contributed by atoms with Gasteiger partial charge in [-0.05, 0) is 51.3 Å². The van der Waals surface area contributed by atoms with Crippen molar-refractivity contribution in [2.45, 2.75) is 51.7 Å². The Bertz CT molecular complexity index is 1020. The van der Waals surface area contributed by atoms with Crippen molar-refractivity contribution in [3.63, 3.8) is 0 Å². The van der Waals surface area contributed by atoms with Crippen LogP contribution in [-0.2, 0) is 16.8 Å². The molecule has 4 heterocycles. The zero-order chi connectivity index (χ0) is 21.1. The monoisotopic (exact) mass is 408 g/mol. The number of pyridine rings is 2. The summed E-state index contributed by atoms with van der Waals surface area (Å²) in [5.41, 5.74) is 2.51. The molecule has 0 bridgehead atoms. The van der Waals surface area contributed by atoms with E-state index in [1.807, 2.05) is 37.6 Å². The SMILES string of the molecule is CCn1ncc2c(NC3CCOCC3)c(C(=O)NC(C)(C)c3ccncc3)cnc21. The van der Waals surface area contributed by atoms with Crippen LogP contribution >= 0.6 is 0 Å². The van der Waals surface area contributed by atoms with Gasteiger partial charge in [-0.25, -0.2) is 9.67 Å². The molecule has 30 heavy (non-hydrogen) atoms. The first-order valence-corrected chi connectivity index (χ1v) is 10.4. The summed E-state index contributed by atoms with van der Waals surface area (Å²) in [6, 6.07) is 4.07. The summed E-state index contributed by atoms with van der Waals surface area (Å²) in [7, 11) is 0. The van der Waals surface area contributed by atoms with Gasteiger partial charge in [-0.2, -0.15) is 5.10 Å². The van der Waals surface area contributed by atoms with E-state index in [9.17, 15) is 4.79 Å². The van der Waals surface area contributed by atoms with Crippen molar-refractivity contribution in [3.05, 3.63) is 48.0 Å². The van der Waals surface area contributed by atoms with Crippen LogP contribution in [0.4, 0.5) is 5.69 Å². The van der Waals surface area contributed by atoms with Crippen LogP contribution in [0.1, 0.15) is 49.5 Å². The maximum atomic E-state index is 13.4. The molecular weight excluding hydrogens is 380 g/mol. The minimum absolute atomic E-state index is 0.176. The third-order valence-corrected chi connectivity index (χ3v) is 5.61. The number of ether oxygens (including phenoxy) is 1. The van der Waals surface area contributed by atoms with Crippen LogP contribution in [0.5, 0.6) is 0 Å². The van der Waals surface area contributed by atoms with Crippen molar-refractivity contribution in [2.75, 3.05) is 18.5 Å². The van der Waals surface area contributed by atoms with Crippen LogP contribution in [0, 0.1) is 0 Å². The van der Waals surface area contributed by atoms with Crippen LogP contribution in [0.3, 0.4) is 0 Å². The van der Waals surface area contributed by atoms with Crippen molar-refractivity contribution in [3.8, 4) is 0 Å². The Kier molecular flexibility index (Phi) is 5.67. The molecule has 0 aromatic carbocycles. The minimum atomic E-state index is -0.557. The molecule has 0 radical (unpaired) electrons. The average Bonchev–Trinajstić information content (AvgIpc) is 3.18. The van der Waals surface area contributed by atoms with E-state index in [1.54, 1.807) is 24.8 Å². The van der Waals surface area contributed by atoms with Crippen LogP contribution in [0.2, 0.25) is 0 Å². The van der Waals surface area contributed by atoms with E-state index >= 15 is 0 Å². The van der Waals surface area contributed by atoms with Gasteiger partial charge in [-0.1, -0.05) is 0 Å². The predicted octanol–water partition coefficient (Wildman–Crippen LogP) is 3.10. The molecule has 0 spiro atoms. The number of anilines is 1. The van der Waals surface area contributed by atoms with E-state index in [0.717, 1.165) is 48.3 Å². The second-order valence-corrected chi connectivity index (χ2v) is 8.09. The molecular formula is C22H28N6O2. The van der Waals surface area contributed by atoms with E-state index in [1.165, 1.54) is 0 Å². The quantitative estimate of drug-likeness (QED) is 0.651. The highest BCUT2D eigenvalue weighted by Crippen LogP contribution is 2.29. The molecule has 1 aliphatic rings. The number of nitrogens with zero attached hydrogens (tertiary/aromatic N) is 4. The first kappa shape index (κ1) is 20.3. The zero-order valence-corrected chi connectivity index (χ0v) is 17.7. The summed E-state index contributed by atoms with van der Waals surface area (Å²) in [6.07, 6.45) is 8.70. The molecule has 158 valence electrons. The van der Waals surface area contributed by atoms with E-state index in [4.69, 9.17) is 4.74 Å². The summed E-state index contributed by atoms with van der Waals surface area (Å²) in [5.74, 6) is -0.176. The van der Waals surface area contributed by atoms with Crippen molar-refractivity contribution in [2.24, 2.45) is 0 Å². The van der Waals surface area contributed by atoms with Gasteiger partial charge in [-0.15, -0.1) is 0 Å². The van der Waals surface area contributed by atoms with Crippen molar-refractivity contribution >= 4 is 22.6 Å². The number of aromatic nitrogens is 4. The number of nitrogens with one attached hydrogen (secondary N) is 2. The van der Waals surface area contributed by atoms with E-state index in [-0.39, 0.29) is 11.9 Å². The van der Waals surface area contributed by atoms with Gasteiger partial charge < -0.3 is 15.4 Å². The number of carbonyl (C=O) groups excluding carboxylic acids is 1. The molecule has 0 atom stereocenters. The van der Waals surface area contributed by atoms with Crippen LogP contribution in [-0.4, -0.2) is 44.9 Å². The Labute approximate surface area is 176 Å². The van der Waals surface area contributed by atoms with E-state index in [0.29, 0.717) is 12.1 Å². The van der Waals surface area contributed by atoms with E-state index < -0.39 is 5.54 Å². The van der Waals surface area contributed by atoms with Gasteiger partial charge in [0.1, 0.15) is 0 Å². The fourth-order valence-corrected chi connectivity index (χ4v) is 3.82. The number of hydrogen-bond acceptors (Lipinski definition) is 6. The van der Waals surface area contributed by atoms with E-state index in [2.05, 4.69) is 25.7 Å². The molecule has 2 N–H and O–H groups in total. The second kappa shape index (κ2) is 8.39. The highest BCUT2D eigenvalue weighted by atomic mass is 16.5. The molecule has 8 nitrogen and oxygen atoms in total.